The number of hydrogen-bond donors (Lipinski definition) is 1. The average molecular weight is 285 g/mol. The Balaban J connectivity index is 3.51. The number of methoxy groups -OCH3 is 2. The Bertz CT molecular complexity index is 396. The molecule has 0 saturated heterocycles. The van der Waals surface area contributed by atoms with Crippen molar-refractivity contribution in [3.63, 3.8) is 0 Å². The molecule has 1 aromatic carbocycles. The Morgan fingerprint density at radius 1 is 0.938 bits per heavy atom. The van der Waals surface area contributed by atoms with Gasteiger partial charge in [-0.15, -0.1) is 0 Å². The molecule has 0 heterocycles. The van der Waals surface area contributed by atoms with Crippen molar-refractivity contribution in [3.8, 4) is 11.5 Å². The third kappa shape index (κ3) is 2.33. The highest BCUT2D eigenvalue weighted by molar-refractivity contribution is 6.49. The minimum atomic E-state index is 0.242. The van der Waals surface area contributed by atoms with Gasteiger partial charge in [0.2, 0.25) is 0 Å². The third-order valence-corrected chi connectivity index (χ3v) is 3.48. The van der Waals surface area contributed by atoms with Gasteiger partial charge in [0.25, 0.3) is 0 Å². The number of halogens is 3. The normalized spacial score (nSPS) is 10.4. The fraction of sp³-hybridized carbons (Fsp3) is 0.400. The molecule has 16 heavy (non-hydrogen) atoms. The molecule has 1 aromatic rings. The van der Waals surface area contributed by atoms with E-state index in [1.807, 2.05) is 0 Å². The fourth-order valence-electron chi connectivity index (χ4n) is 1.43. The number of hydrogen-bond acceptors (Lipinski definition) is 3. The van der Waals surface area contributed by atoms with Crippen LogP contribution in [-0.2, 0) is 6.42 Å². The first kappa shape index (κ1) is 13.7. The van der Waals surface area contributed by atoms with Gasteiger partial charge in [-0.25, -0.2) is 0 Å². The number of nitrogens with two attached hydrogens (primary N) is 1. The topological polar surface area (TPSA) is 44.5 Å². The van der Waals surface area contributed by atoms with Crippen LogP contribution in [0, 0.1) is 0 Å². The van der Waals surface area contributed by atoms with Crippen molar-refractivity contribution in [2.24, 2.45) is 5.73 Å². The van der Waals surface area contributed by atoms with E-state index in [2.05, 4.69) is 0 Å². The van der Waals surface area contributed by atoms with Crippen LogP contribution in [0.1, 0.15) is 5.56 Å². The molecule has 6 heteroatoms. The maximum Gasteiger partial charge on any atom is 0.181 e. The smallest absolute Gasteiger partial charge is 0.181 e. The second-order valence-corrected chi connectivity index (χ2v) is 4.16. The van der Waals surface area contributed by atoms with Gasteiger partial charge in [0.05, 0.1) is 24.3 Å². The first-order chi connectivity index (χ1) is 7.58. The zero-order chi connectivity index (χ0) is 12.3. The Kier molecular flexibility index (Phi) is 4.99. The van der Waals surface area contributed by atoms with Gasteiger partial charge in [-0.1, -0.05) is 34.8 Å². The maximum atomic E-state index is 6.08. The predicted octanol–water partition coefficient (Wildman–Crippen LogP) is 3.17. The van der Waals surface area contributed by atoms with Gasteiger partial charge in [0.1, 0.15) is 5.02 Å². The van der Waals surface area contributed by atoms with Crippen LogP contribution < -0.4 is 15.2 Å². The first-order valence-electron chi connectivity index (χ1n) is 4.55. The molecule has 3 nitrogen and oxygen atoms in total. The zero-order valence-electron chi connectivity index (χ0n) is 8.94. The van der Waals surface area contributed by atoms with E-state index >= 15 is 0 Å². The highest BCUT2D eigenvalue weighted by Gasteiger charge is 2.22. The van der Waals surface area contributed by atoms with Crippen molar-refractivity contribution < 1.29 is 9.47 Å². The molecule has 0 aliphatic heterocycles. The van der Waals surface area contributed by atoms with E-state index < -0.39 is 0 Å². The van der Waals surface area contributed by atoms with Crippen LogP contribution in [0.5, 0.6) is 11.5 Å². The Morgan fingerprint density at radius 2 is 1.50 bits per heavy atom. The third-order valence-electron chi connectivity index (χ3n) is 2.13. The van der Waals surface area contributed by atoms with Crippen molar-refractivity contribution >= 4 is 34.8 Å². The maximum absolute atomic E-state index is 6.08. The van der Waals surface area contributed by atoms with Crippen molar-refractivity contribution in [1.29, 1.82) is 0 Å². The van der Waals surface area contributed by atoms with E-state index in [1.165, 1.54) is 14.2 Å². The SMILES string of the molecule is COc1c(Cl)c(Cl)c(Cl)c(CCN)c1OC. The second kappa shape index (κ2) is 5.82. The van der Waals surface area contributed by atoms with Gasteiger partial charge in [0, 0.05) is 5.56 Å². The Morgan fingerprint density at radius 3 is 1.94 bits per heavy atom. The second-order valence-electron chi connectivity index (χ2n) is 3.03. The number of benzene rings is 1. The highest BCUT2D eigenvalue weighted by atomic mass is 35.5. The highest BCUT2D eigenvalue weighted by Crippen LogP contribution is 2.47. The fourth-order valence-corrected chi connectivity index (χ4v) is 2.21. The van der Waals surface area contributed by atoms with E-state index in [9.17, 15) is 0 Å². The lowest BCUT2D eigenvalue weighted by molar-refractivity contribution is 0.352. The van der Waals surface area contributed by atoms with E-state index in [0.29, 0.717) is 35.1 Å². The minimum absolute atomic E-state index is 0.242. The summed E-state index contributed by atoms with van der Waals surface area (Å²) in [5.41, 5.74) is 6.21. The lowest BCUT2D eigenvalue weighted by Gasteiger charge is -2.16. The summed E-state index contributed by atoms with van der Waals surface area (Å²) < 4.78 is 10.4. The first-order valence-corrected chi connectivity index (χ1v) is 5.69. The molecule has 0 bridgehead atoms. The van der Waals surface area contributed by atoms with E-state index in [0.717, 1.165) is 0 Å². The van der Waals surface area contributed by atoms with Crippen LogP contribution >= 0.6 is 34.8 Å². The van der Waals surface area contributed by atoms with Gasteiger partial charge in [-0.3, -0.25) is 0 Å². The number of ether oxygens (including phenoxy) is 2. The summed E-state index contributed by atoms with van der Waals surface area (Å²) in [6, 6.07) is 0. The molecule has 2 N–H and O–H groups in total. The summed E-state index contributed by atoms with van der Waals surface area (Å²) in [7, 11) is 3.00. The van der Waals surface area contributed by atoms with Gasteiger partial charge in [0.15, 0.2) is 11.5 Å². The predicted molar refractivity (Wildman–Crippen MR) is 67.3 cm³/mol. The molecule has 90 valence electrons. The molecular formula is C10H12Cl3NO2. The van der Waals surface area contributed by atoms with Gasteiger partial charge < -0.3 is 15.2 Å². The summed E-state index contributed by atoms with van der Waals surface area (Å²) in [5, 5.41) is 0.853. The largest absolute Gasteiger partial charge is 0.492 e. The molecule has 0 spiro atoms. The van der Waals surface area contributed by atoms with E-state index in [-0.39, 0.29) is 10.0 Å². The van der Waals surface area contributed by atoms with Gasteiger partial charge >= 0.3 is 0 Å². The molecule has 1 rings (SSSR count). The average Bonchev–Trinajstić information content (AvgIpc) is 2.29. The molecule has 0 aliphatic rings. The lowest BCUT2D eigenvalue weighted by Crippen LogP contribution is -2.06. The van der Waals surface area contributed by atoms with Crippen LogP contribution in [0.15, 0.2) is 0 Å². The van der Waals surface area contributed by atoms with Crippen LogP contribution in [0.4, 0.5) is 0 Å². The standard InChI is InChI=1S/C10H12Cl3NO2/c1-15-9-5(3-4-14)6(11)7(12)8(13)10(9)16-2/h3-4,14H2,1-2H3. The molecular weight excluding hydrogens is 272 g/mol. The van der Waals surface area contributed by atoms with Crippen LogP contribution in [0.3, 0.4) is 0 Å². The van der Waals surface area contributed by atoms with E-state index in [4.69, 9.17) is 50.0 Å². The Labute approximate surface area is 109 Å². The van der Waals surface area contributed by atoms with Crippen molar-refractivity contribution in [2.75, 3.05) is 20.8 Å². The summed E-state index contributed by atoms with van der Waals surface area (Å²) in [4.78, 5) is 0. The summed E-state index contributed by atoms with van der Waals surface area (Å²) in [6.07, 6.45) is 0.537. The lowest BCUT2D eigenvalue weighted by atomic mass is 10.1. The van der Waals surface area contributed by atoms with Gasteiger partial charge in [-0.2, -0.15) is 0 Å². The molecule has 0 fully saturated rings. The quantitative estimate of drug-likeness (QED) is 0.864. The molecule has 0 unspecified atom stereocenters. The van der Waals surface area contributed by atoms with Crippen molar-refractivity contribution in [3.05, 3.63) is 20.6 Å². The molecule has 0 radical (unpaired) electrons. The zero-order valence-corrected chi connectivity index (χ0v) is 11.2. The Hall–Kier alpha value is -0.350. The van der Waals surface area contributed by atoms with Crippen LogP contribution in [-0.4, -0.2) is 20.8 Å². The van der Waals surface area contributed by atoms with E-state index in [1.54, 1.807) is 0 Å². The van der Waals surface area contributed by atoms with Crippen LogP contribution in [0.2, 0.25) is 15.1 Å². The van der Waals surface area contributed by atoms with Crippen LogP contribution in [0.25, 0.3) is 0 Å². The molecule has 0 amide bonds. The number of rotatable bonds is 4. The summed E-state index contributed by atoms with van der Waals surface area (Å²) in [6.45, 7) is 0.428. The molecule has 0 aromatic heterocycles. The van der Waals surface area contributed by atoms with Gasteiger partial charge in [-0.05, 0) is 13.0 Å². The molecule has 0 atom stereocenters. The minimum Gasteiger partial charge on any atom is -0.492 e. The molecule has 0 aliphatic carbocycles. The molecule has 0 saturated carbocycles. The van der Waals surface area contributed by atoms with Crippen molar-refractivity contribution in [1.82, 2.24) is 0 Å². The summed E-state index contributed by atoms with van der Waals surface area (Å²) >= 11 is 18.1. The monoisotopic (exact) mass is 283 g/mol. The summed E-state index contributed by atoms with van der Waals surface area (Å²) in [5.74, 6) is 0.856. The van der Waals surface area contributed by atoms with Crippen molar-refractivity contribution in [2.45, 2.75) is 6.42 Å².